The van der Waals surface area contributed by atoms with Crippen LogP contribution in [0.25, 0.3) is 0 Å². The van der Waals surface area contributed by atoms with Crippen molar-refractivity contribution in [1.82, 2.24) is 10.2 Å². The van der Waals surface area contributed by atoms with Gasteiger partial charge in [0.15, 0.2) is 0 Å². The van der Waals surface area contributed by atoms with E-state index in [9.17, 15) is 14.4 Å². The summed E-state index contributed by atoms with van der Waals surface area (Å²) in [7, 11) is 1.31. The highest BCUT2D eigenvalue weighted by Crippen LogP contribution is 2.21. The summed E-state index contributed by atoms with van der Waals surface area (Å²) in [5.41, 5.74) is 0.861. The van der Waals surface area contributed by atoms with Crippen molar-refractivity contribution in [1.29, 1.82) is 0 Å². The molecular weight excluding hydrogens is 336 g/mol. The van der Waals surface area contributed by atoms with Crippen molar-refractivity contribution in [2.24, 2.45) is 5.92 Å². The third-order valence-electron chi connectivity index (χ3n) is 4.43. The van der Waals surface area contributed by atoms with Gasteiger partial charge in [0, 0.05) is 6.54 Å². The fourth-order valence-electron chi connectivity index (χ4n) is 3.00. The van der Waals surface area contributed by atoms with Gasteiger partial charge in [-0.1, -0.05) is 44.2 Å². The number of hydrogen-bond acceptors (Lipinski definition) is 5. The van der Waals surface area contributed by atoms with Crippen LogP contribution in [-0.2, 0) is 25.7 Å². The maximum Gasteiger partial charge on any atom is 0.408 e. The zero-order valence-electron chi connectivity index (χ0n) is 15.4. The lowest BCUT2D eigenvalue weighted by atomic mass is 10.0. The van der Waals surface area contributed by atoms with Crippen LogP contribution in [0.1, 0.15) is 32.3 Å². The normalized spacial score (nSPS) is 17.7. The van der Waals surface area contributed by atoms with Gasteiger partial charge in [-0.15, -0.1) is 0 Å². The molecule has 0 unspecified atom stereocenters. The van der Waals surface area contributed by atoms with E-state index < -0.39 is 24.1 Å². The Balaban J connectivity index is 1.97. The van der Waals surface area contributed by atoms with Crippen LogP contribution >= 0.6 is 0 Å². The van der Waals surface area contributed by atoms with E-state index >= 15 is 0 Å². The first-order valence-corrected chi connectivity index (χ1v) is 8.79. The second-order valence-electron chi connectivity index (χ2n) is 6.64. The Kier molecular flexibility index (Phi) is 7.00. The predicted octanol–water partition coefficient (Wildman–Crippen LogP) is 2.10. The smallest absolute Gasteiger partial charge is 0.408 e. The average molecular weight is 362 g/mol. The molecule has 142 valence electrons. The van der Waals surface area contributed by atoms with Crippen LogP contribution in [0, 0.1) is 5.92 Å². The molecule has 0 bridgehead atoms. The van der Waals surface area contributed by atoms with Gasteiger partial charge in [0.2, 0.25) is 5.91 Å². The molecule has 2 atom stereocenters. The van der Waals surface area contributed by atoms with Gasteiger partial charge in [-0.05, 0) is 24.3 Å². The molecule has 1 aromatic rings. The number of likely N-dealkylation sites (tertiary alicyclic amines) is 1. The summed E-state index contributed by atoms with van der Waals surface area (Å²) in [6, 6.07) is 7.95. The molecule has 0 aliphatic carbocycles. The molecule has 2 rings (SSSR count). The average Bonchev–Trinajstić information content (AvgIpc) is 3.13. The van der Waals surface area contributed by atoms with E-state index in [0.717, 1.165) is 12.0 Å². The minimum Gasteiger partial charge on any atom is -0.467 e. The third-order valence-corrected chi connectivity index (χ3v) is 4.43. The maximum absolute atomic E-state index is 12.9. The highest BCUT2D eigenvalue weighted by molar-refractivity contribution is 5.90. The van der Waals surface area contributed by atoms with E-state index in [1.807, 2.05) is 44.2 Å². The van der Waals surface area contributed by atoms with Crippen LogP contribution < -0.4 is 5.32 Å². The van der Waals surface area contributed by atoms with Crippen LogP contribution in [0.15, 0.2) is 30.3 Å². The number of carbonyl (C=O) groups excluding carboxylic acids is 3. The fraction of sp³-hybridized carbons (Fsp3) is 0.526. The van der Waals surface area contributed by atoms with Gasteiger partial charge < -0.3 is 19.7 Å². The minimum atomic E-state index is -0.761. The Labute approximate surface area is 153 Å². The highest BCUT2D eigenvalue weighted by Gasteiger charge is 2.39. The summed E-state index contributed by atoms with van der Waals surface area (Å²) in [6.45, 7) is 4.27. The van der Waals surface area contributed by atoms with Crippen LogP contribution in [0.2, 0.25) is 0 Å². The van der Waals surface area contributed by atoms with E-state index in [0.29, 0.717) is 13.0 Å². The molecule has 0 radical (unpaired) electrons. The van der Waals surface area contributed by atoms with Gasteiger partial charge in [-0.2, -0.15) is 0 Å². The Morgan fingerprint density at radius 1 is 1.23 bits per heavy atom. The van der Waals surface area contributed by atoms with E-state index in [1.165, 1.54) is 12.0 Å². The summed E-state index contributed by atoms with van der Waals surface area (Å²) in [5.74, 6) is -0.861. The topological polar surface area (TPSA) is 84.9 Å². The van der Waals surface area contributed by atoms with Gasteiger partial charge in [-0.25, -0.2) is 9.59 Å². The Bertz CT molecular complexity index is 632. The molecular formula is C19H26N2O5. The van der Waals surface area contributed by atoms with Crippen molar-refractivity contribution < 1.29 is 23.9 Å². The molecule has 1 aliphatic rings. The number of nitrogens with one attached hydrogen (secondary N) is 1. The van der Waals surface area contributed by atoms with Crippen molar-refractivity contribution in [3.63, 3.8) is 0 Å². The molecule has 7 nitrogen and oxygen atoms in total. The molecule has 1 fully saturated rings. The number of nitrogens with zero attached hydrogens (tertiary/aromatic N) is 1. The number of hydrogen-bond donors (Lipinski definition) is 1. The molecule has 0 spiro atoms. The number of rotatable bonds is 6. The summed E-state index contributed by atoms with van der Waals surface area (Å²) >= 11 is 0. The molecule has 0 saturated carbocycles. The number of esters is 1. The quantitative estimate of drug-likeness (QED) is 0.784. The van der Waals surface area contributed by atoms with E-state index in [4.69, 9.17) is 9.47 Å². The van der Waals surface area contributed by atoms with Crippen molar-refractivity contribution in [2.45, 2.75) is 45.4 Å². The number of benzene rings is 1. The fourth-order valence-corrected chi connectivity index (χ4v) is 3.00. The van der Waals surface area contributed by atoms with E-state index in [1.54, 1.807) is 0 Å². The van der Waals surface area contributed by atoms with Gasteiger partial charge >= 0.3 is 12.1 Å². The van der Waals surface area contributed by atoms with Gasteiger partial charge in [0.1, 0.15) is 18.7 Å². The molecule has 0 aromatic heterocycles. The predicted molar refractivity (Wildman–Crippen MR) is 95.1 cm³/mol. The molecule has 26 heavy (non-hydrogen) atoms. The summed E-state index contributed by atoms with van der Waals surface area (Å²) in [4.78, 5) is 38.4. The molecule has 1 aliphatic heterocycles. The van der Waals surface area contributed by atoms with Crippen molar-refractivity contribution in [2.75, 3.05) is 13.7 Å². The number of alkyl carbamates (subject to hydrolysis) is 1. The first-order chi connectivity index (χ1) is 12.4. The summed E-state index contributed by atoms with van der Waals surface area (Å²) < 4.78 is 9.98. The SMILES string of the molecule is COC(=O)[C@H]1CCCN1C(=O)[C@@H](NC(=O)OCc1ccccc1)C(C)C. The molecule has 1 heterocycles. The number of ether oxygens (including phenoxy) is 2. The van der Waals surface area contributed by atoms with Crippen LogP contribution in [0.4, 0.5) is 4.79 Å². The van der Waals surface area contributed by atoms with Gasteiger partial charge in [0.25, 0.3) is 0 Å². The highest BCUT2D eigenvalue weighted by atomic mass is 16.5. The maximum atomic E-state index is 12.9. The summed E-state index contributed by atoms with van der Waals surface area (Å²) in [6.07, 6.45) is 0.644. The largest absolute Gasteiger partial charge is 0.467 e. The first kappa shape index (κ1) is 19.8. The zero-order chi connectivity index (χ0) is 19.1. The van der Waals surface area contributed by atoms with Crippen LogP contribution in [0.3, 0.4) is 0 Å². The van der Waals surface area contributed by atoms with E-state index in [2.05, 4.69) is 5.32 Å². The second kappa shape index (κ2) is 9.22. The lowest BCUT2D eigenvalue weighted by Crippen LogP contribution is -2.54. The Morgan fingerprint density at radius 2 is 1.92 bits per heavy atom. The van der Waals surface area contributed by atoms with Crippen molar-refractivity contribution in [3.8, 4) is 0 Å². The monoisotopic (exact) mass is 362 g/mol. The van der Waals surface area contributed by atoms with Crippen molar-refractivity contribution >= 4 is 18.0 Å². The molecule has 7 heteroatoms. The lowest BCUT2D eigenvalue weighted by molar-refractivity contribution is -0.151. The molecule has 1 aromatic carbocycles. The standard InChI is InChI=1S/C19H26N2O5/c1-13(2)16(17(22)21-11-7-10-15(21)18(23)25-3)20-19(24)26-12-14-8-5-4-6-9-14/h4-6,8-9,13,15-16H,7,10-12H2,1-3H3,(H,20,24)/t15-,16+/m1/s1. The molecule has 1 saturated heterocycles. The second-order valence-corrected chi connectivity index (χ2v) is 6.64. The minimum absolute atomic E-state index is 0.125. The first-order valence-electron chi connectivity index (χ1n) is 8.79. The number of methoxy groups -OCH3 is 1. The van der Waals surface area contributed by atoms with Crippen molar-refractivity contribution in [3.05, 3.63) is 35.9 Å². The van der Waals surface area contributed by atoms with E-state index in [-0.39, 0.29) is 18.4 Å². The third kappa shape index (κ3) is 4.97. The number of amides is 2. The zero-order valence-corrected chi connectivity index (χ0v) is 15.4. The molecule has 1 N–H and O–H groups in total. The van der Waals surface area contributed by atoms with Gasteiger partial charge in [-0.3, -0.25) is 4.79 Å². The molecule has 2 amide bonds. The summed E-state index contributed by atoms with van der Waals surface area (Å²) in [5, 5.41) is 2.64. The van der Waals surface area contributed by atoms with Crippen LogP contribution in [0.5, 0.6) is 0 Å². The Hall–Kier alpha value is -2.57. The number of carbonyl (C=O) groups is 3. The van der Waals surface area contributed by atoms with Gasteiger partial charge in [0.05, 0.1) is 7.11 Å². The lowest BCUT2D eigenvalue weighted by Gasteiger charge is -2.29. The Morgan fingerprint density at radius 3 is 2.54 bits per heavy atom. The van der Waals surface area contributed by atoms with Crippen LogP contribution in [-0.4, -0.2) is 48.6 Å².